The normalized spacial score (nSPS) is 12.6. The Morgan fingerprint density at radius 1 is 1.26 bits per heavy atom. The zero-order valence-electron chi connectivity index (χ0n) is 11.9. The molecule has 0 amide bonds. The molecule has 1 atom stereocenters. The summed E-state index contributed by atoms with van der Waals surface area (Å²) in [5.74, 6) is 1.52. The zero-order valence-corrected chi connectivity index (χ0v) is 12.6. The molecule has 0 N–H and O–H groups in total. The van der Waals surface area contributed by atoms with Crippen LogP contribution in [-0.2, 0) is 5.88 Å². The van der Waals surface area contributed by atoms with Crippen molar-refractivity contribution in [3.63, 3.8) is 0 Å². The molecule has 0 spiro atoms. The maximum absolute atomic E-state index is 5.98. The predicted molar refractivity (Wildman–Crippen MR) is 84.1 cm³/mol. The van der Waals surface area contributed by atoms with E-state index < -0.39 is 0 Å². The quantitative estimate of drug-likeness (QED) is 0.742. The smallest absolute Gasteiger partial charge is 0.137 e. The van der Waals surface area contributed by atoms with Gasteiger partial charge in [-0.15, -0.1) is 11.6 Å². The Bertz CT molecular complexity index is 553. The number of anilines is 1. The molecule has 0 aliphatic rings. The van der Waals surface area contributed by atoms with Gasteiger partial charge in [0.2, 0.25) is 0 Å². The van der Waals surface area contributed by atoms with Crippen LogP contribution >= 0.6 is 11.6 Å². The Labute approximate surface area is 120 Å². The van der Waals surface area contributed by atoms with E-state index in [2.05, 4.69) is 56.0 Å². The van der Waals surface area contributed by atoms with Crippen molar-refractivity contribution in [3.8, 4) is 0 Å². The molecule has 1 aromatic carbocycles. The topological polar surface area (TPSA) is 16.1 Å². The highest BCUT2D eigenvalue weighted by Gasteiger charge is 2.16. The summed E-state index contributed by atoms with van der Waals surface area (Å²) in [6.45, 7) is 7.59. The highest BCUT2D eigenvalue weighted by atomic mass is 35.5. The van der Waals surface area contributed by atoms with Gasteiger partial charge >= 0.3 is 0 Å². The summed E-state index contributed by atoms with van der Waals surface area (Å²) in [6, 6.07) is 11.0. The minimum absolute atomic E-state index is 0.454. The van der Waals surface area contributed by atoms with Crippen molar-refractivity contribution in [1.82, 2.24) is 4.98 Å². The first-order chi connectivity index (χ1) is 9.21. The van der Waals surface area contributed by atoms with Gasteiger partial charge in [0, 0.05) is 18.0 Å². The number of aromatic nitrogens is 1. The molecule has 3 heteroatoms. The van der Waals surface area contributed by atoms with Gasteiger partial charge in [-0.3, -0.25) is 0 Å². The molecular formula is C16H21ClN2. The predicted octanol–water partition coefficient (Wildman–Crippen LogP) is 4.60. The van der Waals surface area contributed by atoms with Gasteiger partial charge in [0.05, 0.1) is 11.6 Å². The molecule has 0 fully saturated rings. The van der Waals surface area contributed by atoms with Crippen molar-refractivity contribution in [2.45, 2.75) is 39.1 Å². The number of nitrogens with zero attached hydrogens (tertiary/aromatic N) is 2. The lowest BCUT2D eigenvalue weighted by molar-refractivity contribution is 0.624. The third kappa shape index (κ3) is 2.84. The van der Waals surface area contributed by atoms with Crippen LogP contribution < -0.4 is 4.90 Å². The number of hydrogen-bond donors (Lipinski definition) is 0. The van der Waals surface area contributed by atoms with Gasteiger partial charge in [0.1, 0.15) is 5.82 Å². The second-order valence-corrected chi connectivity index (χ2v) is 5.10. The van der Waals surface area contributed by atoms with E-state index >= 15 is 0 Å². The Hall–Kier alpha value is -1.28. The van der Waals surface area contributed by atoms with Crippen molar-refractivity contribution in [3.05, 3.63) is 36.0 Å². The second-order valence-electron chi connectivity index (χ2n) is 4.84. The van der Waals surface area contributed by atoms with E-state index in [0.29, 0.717) is 11.9 Å². The van der Waals surface area contributed by atoms with Crippen LogP contribution in [0.5, 0.6) is 0 Å². The lowest BCUT2D eigenvalue weighted by Crippen LogP contribution is -2.33. The van der Waals surface area contributed by atoms with Gasteiger partial charge in [-0.1, -0.05) is 31.2 Å². The Morgan fingerprint density at radius 2 is 2.00 bits per heavy atom. The van der Waals surface area contributed by atoms with E-state index in [-0.39, 0.29) is 0 Å². The molecule has 19 heavy (non-hydrogen) atoms. The van der Waals surface area contributed by atoms with Crippen LogP contribution in [0.2, 0.25) is 0 Å². The van der Waals surface area contributed by atoms with Crippen LogP contribution in [0.4, 0.5) is 5.82 Å². The number of fused-ring (bicyclic) bond motifs is 1. The maximum atomic E-state index is 5.98. The lowest BCUT2D eigenvalue weighted by atomic mass is 10.1. The molecule has 2 aromatic rings. The first kappa shape index (κ1) is 14.1. The van der Waals surface area contributed by atoms with Gasteiger partial charge < -0.3 is 4.90 Å². The highest BCUT2D eigenvalue weighted by Crippen LogP contribution is 2.28. The SMILES string of the molecule is CCC(C)N(CC)c1nc(CCl)cc2ccccc12. The van der Waals surface area contributed by atoms with Gasteiger partial charge in [-0.25, -0.2) is 4.98 Å². The number of halogens is 1. The van der Waals surface area contributed by atoms with Crippen molar-refractivity contribution in [2.24, 2.45) is 0 Å². The third-order valence-corrected chi connectivity index (χ3v) is 3.92. The maximum Gasteiger partial charge on any atom is 0.137 e. The summed E-state index contributed by atoms with van der Waals surface area (Å²) in [6.07, 6.45) is 1.11. The van der Waals surface area contributed by atoms with E-state index in [1.54, 1.807) is 0 Å². The van der Waals surface area contributed by atoms with Crippen LogP contribution in [-0.4, -0.2) is 17.6 Å². The van der Waals surface area contributed by atoms with Crippen LogP contribution in [0, 0.1) is 0 Å². The minimum Gasteiger partial charge on any atom is -0.354 e. The average molecular weight is 277 g/mol. The number of rotatable bonds is 5. The molecule has 0 bridgehead atoms. The van der Waals surface area contributed by atoms with E-state index in [1.807, 2.05) is 0 Å². The summed E-state index contributed by atoms with van der Waals surface area (Å²) in [5.41, 5.74) is 0.942. The lowest BCUT2D eigenvalue weighted by Gasteiger charge is -2.29. The standard InChI is InChI=1S/C16H21ClN2/c1-4-12(3)19(5-2)16-15-9-7-6-8-13(15)10-14(11-17)18-16/h6-10,12H,4-5,11H2,1-3H3. The fourth-order valence-corrected chi connectivity index (χ4v) is 2.55. The van der Waals surface area contributed by atoms with Crippen LogP contribution in [0.15, 0.2) is 30.3 Å². The molecule has 1 aromatic heterocycles. The average Bonchev–Trinajstić information content (AvgIpc) is 2.47. The van der Waals surface area contributed by atoms with Crippen molar-refractivity contribution in [2.75, 3.05) is 11.4 Å². The van der Waals surface area contributed by atoms with Gasteiger partial charge in [0.15, 0.2) is 0 Å². The van der Waals surface area contributed by atoms with Gasteiger partial charge in [-0.2, -0.15) is 0 Å². The van der Waals surface area contributed by atoms with Crippen LogP contribution in [0.3, 0.4) is 0 Å². The van der Waals surface area contributed by atoms with E-state index in [9.17, 15) is 0 Å². The van der Waals surface area contributed by atoms with E-state index in [1.165, 1.54) is 10.8 Å². The molecule has 0 aliphatic heterocycles. The number of alkyl halides is 1. The molecule has 0 radical (unpaired) electrons. The fraction of sp³-hybridized carbons (Fsp3) is 0.438. The molecule has 2 rings (SSSR count). The fourth-order valence-electron chi connectivity index (χ4n) is 2.41. The first-order valence-electron chi connectivity index (χ1n) is 6.92. The van der Waals surface area contributed by atoms with E-state index in [4.69, 9.17) is 16.6 Å². The van der Waals surface area contributed by atoms with Crippen molar-refractivity contribution in [1.29, 1.82) is 0 Å². The minimum atomic E-state index is 0.454. The largest absolute Gasteiger partial charge is 0.354 e. The summed E-state index contributed by atoms with van der Waals surface area (Å²) < 4.78 is 0. The molecule has 0 saturated carbocycles. The molecule has 2 nitrogen and oxygen atoms in total. The van der Waals surface area contributed by atoms with Gasteiger partial charge in [-0.05, 0) is 31.7 Å². The number of benzene rings is 1. The molecule has 1 heterocycles. The summed E-state index contributed by atoms with van der Waals surface area (Å²) in [4.78, 5) is 7.11. The summed E-state index contributed by atoms with van der Waals surface area (Å²) in [5, 5.41) is 2.42. The first-order valence-corrected chi connectivity index (χ1v) is 7.46. The highest BCUT2D eigenvalue weighted by molar-refractivity contribution is 6.17. The monoisotopic (exact) mass is 276 g/mol. The number of hydrogen-bond acceptors (Lipinski definition) is 2. The third-order valence-electron chi connectivity index (χ3n) is 3.65. The molecule has 1 unspecified atom stereocenters. The van der Waals surface area contributed by atoms with Crippen molar-refractivity contribution >= 4 is 28.2 Å². The van der Waals surface area contributed by atoms with E-state index in [0.717, 1.165) is 24.5 Å². The molecule has 0 saturated heterocycles. The van der Waals surface area contributed by atoms with Crippen molar-refractivity contribution < 1.29 is 0 Å². The van der Waals surface area contributed by atoms with Crippen LogP contribution in [0.1, 0.15) is 32.9 Å². The zero-order chi connectivity index (χ0) is 13.8. The number of pyridine rings is 1. The molecule has 0 aliphatic carbocycles. The molecular weight excluding hydrogens is 256 g/mol. The Kier molecular flexibility index (Phi) is 4.65. The second kappa shape index (κ2) is 6.25. The van der Waals surface area contributed by atoms with Crippen LogP contribution in [0.25, 0.3) is 10.8 Å². The van der Waals surface area contributed by atoms with Gasteiger partial charge in [0.25, 0.3) is 0 Å². The summed E-state index contributed by atoms with van der Waals surface area (Å²) >= 11 is 5.98. The Balaban J connectivity index is 2.62. The molecule has 102 valence electrons. The summed E-state index contributed by atoms with van der Waals surface area (Å²) in [7, 11) is 0. The Morgan fingerprint density at radius 3 is 2.63 bits per heavy atom.